The maximum Gasteiger partial charge on any atom is 0.141 e. The van der Waals surface area contributed by atoms with E-state index >= 15 is 0 Å². The first kappa shape index (κ1) is 10.4. The van der Waals surface area contributed by atoms with Crippen LogP contribution in [0.2, 0.25) is 0 Å². The summed E-state index contributed by atoms with van der Waals surface area (Å²) >= 11 is 0. The van der Waals surface area contributed by atoms with E-state index in [0.717, 1.165) is 12.1 Å². The van der Waals surface area contributed by atoms with Crippen LogP contribution in [-0.2, 0) is 0 Å². The van der Waals surface area contributed by atoms with Gasteiger partial charge in [-0.1, -0.05) is 12.2 Å². The lowest BCUT2D eigenvalue weighted by Crippen LogP contribution is -1.94. The molecule has 0 atom stereocenters. The van der Waals surface area contributed by atoms with Gasteiger partial charge >= 0.3 is 0 Å². The molecule has 0 bridgehead atoms. The van der Waals surface area contributed by atoms with Gasteiger partial charge < -0.3 is 5.73 Å². The van der Waals surface area contributed by atoms with Gasteiger partial charge in [-0.15, -0.1) is 0 Å². The first-order valence-corrected chi connectivity index (χ1v) is 3.94. The summed E-state index contributed by atoms with van der Waals surface area (Å²) in [6, 6.07) is 3.39. The maximum absolute atomic E-state index is 13.1. The van der Waals surface area contributed by atoms with E-state index in [1.165, 1.54) is 12.2 Å². The average Bonchev–Trinajstić information content (AvgIpc) is 2.18. The van der Waals surface area contributed by atoms with Crippen molar-refractivity contribution in [3.05, 3.63) is 41.0 Å². The summed E-state index contributed by atoms with van der Waals surface area (Å²) in [5.41, 5.74) is 4.96. The second kappa shape index (κ2) is 4.49. The Kier molecular flexibility index (Phi) is 3.32. The summed E-state index contributed by atoms with van der Waals surface area (Å²) in [6.45, 7) is 0.251. The van der Waals surface area contributed by atoms with Crippen molar-refractivity contribution in [2.45, 2.75) is 0 Å². The van der Waals surface area contributed by atoms with Crippen LogP contribution >= 0.6 is 0 Å². The molecule has 4 heteroatoms. The fourth-order valence-corrected chi connectivity index (χ4v) is 0.971. The zero-order valence-electron chi connectivity index (χ0n) is 7.30. The molecule has 0 heterocycles. The highest BCUT2D eigenvalue weighted by Crippen LogP contribution is 2.15. The normalized spacial score (nSPS) is 10.4. The topological polar surface area (TPSA) is 49.8 Å². The number of halogens is 2. The minimum Gasteiger partial charge on any atom is -0.327 e. The molecule has 72 valence electrons. The molecule has 1 aromatic rings. The van der Waals surface area contributed by atoms with Crippen LogP contribution in [0.3, 0.4) is 0 Å². The molecule has 0 aliphatic carbocycles. The van der Waals surface area contributed by atoms with Crippen molar-refractivity contribution in [3.8, 4) is 6.07 Å². The van der Waals surface area contributed by atoms with Gasteiger partial charge in [0.15, 0.2) is 0 Å². The molecule has 0 saturated heterocycles. The van der Waals surface area contributed by atoms with Crippen LogP contribution < -0.4 is 5.73 Å². The molecule has 1 aromatic carbocycles. The molecule has 0 aromatic heterocycles. The number of hydrogen-bond donors (Lipinski definition) is 1. The molecule has 0 spiro atoms. The third-order valence-electron chi connectivity index (χ3n) is 1.64. The average molecular weight is 194 g/mol. The van der Waals surface area contributed by atoms with Crippen molar-refractivity contribution < 1.29 is 8.78 Å². The first-order valence-electron chi connectivity index (χ1n) is 3.94. The lowest BCUT2D eigenvalue weighted by Gasteiger charge is -1.98. The zero-order chi connectivity index (χ0) is 10.6. The quantitative estimate of drug-likeness (QED) is 0.780. The predicted octanol–water partition coefficient (Wildman–Crippen LogP) is 1.81. The molecule has 0 unspecified atom stereocenters. The summed E-state index contributed by atoms with van der Waals surface area (Å²) < 4.78 is 26.1. The minimum absolute atomic E-state index is 0.0898. The minimum atomic E-state index is -0.731. The Balaban J connectivity index is 3.17. The van der Waals surface area contributed by atoms with Crippen LogP contribution in [0, 0.1) is 23.0 Å². The zero-order valence-corrected chi connectivity index (χ0v) is 7.30. The molecular weight excluding hydrogens is 186 g/mol. The Morgan fingerprint density at radius 1 is 1.36 bits per heavy atom. The molecular formula is C10H8F2N2. The summed E-state index contributed by atoms with van der Waals surface area (Å²) in [5.74, 6) is -1.36. The van der Waals surface area contributed by atoms with E-state index in [-0.39, 0.29) is 17.7 Å². The summed E-state index contributed by atoms with van der Waals surface area (Å²) in [6.07, 6.45) is 2.88. The molecule has 1 rings (SSSR count). The standard InChI is InChI=1S/C10H8F2N2/c11-9-5-8(6-14)10(12)4-7(9)2-1-3-13/h1-2,4-5H,3,13H2. The van der Waals surface area contributed by atoms with Crippen molar-refractivity contribution in [1.29, 1.82) is 5.26 Å². The van der Waals surface area contributed by atoms with Crippen LogP contribution in [0.5, 0.6) is 0 Å². The summed E-state index contributed by atoms with van der Waals surface area (Å²) in [7, 11) is 0. The number of nitrogens with two attached hydrogens (primary N) is 1. The van der Waals surface area contributed by atoms with Gasteiger partial charge in [-0.25, -0.2) is 8.78 Å². The van der Waals surface area contributed by atoms with Crippen molar-refractivity contribution in [3.63, 3.8) is 0 Å². The molecule has 0 saturated carbocycles. The Labute approximate surface area is 80.3 Å². The second-order valence-electron chi connectivity index (χ2n) is 2.60. The van der Waals surface area contributed by atoms with Gasteiger partial charge in [0.2, 0.25) is 0 Å². The molecule has 0 fully saturated rings. The van der Waals surface area contributed by atoms with Gasteiger partial charge in [0, 0.05) is 12.1 Å². The Hall–Kier alpha value is -1.73. The molecule has 0 aliphatic rings. The number of hydrogen-bond acceptors (Lipinski definition) is 2. The van der Waals surface area contributed by atoms with Crippen LogP contribution in [-0.4, -0.2) is 6.54 Å². The highest BCUT2D eigenvalue weighted by Gasteiger charge is 2.06. The third kappa shape index (κ3) is 2.15. The fourth-order valence-electron chi connectivity index (χ4n) is 0.971. The van der Waals surface area contributed by atoms with Crippen molar-refractivity contribution >= 4 is 6.08 Å². The molecule has 2 N–H and O–H groups in total. The maximum atomic E-state index is 13.1. The largest absolute Gasteiger partial charge is 0.327 e. The lowest BCUT2D eigenvalue weighted by atomic mass is 10.1. The van der Waals surface area contributed by atoms with Gasteiger partial charge in [0.1, 0.15) is 17.7 Å². The van der Waals surface area contributed by atoms with Crippen LogP contribution in [0.25, 0.3) is 6.08 Å². The second-order valence-corrected chi connectivity index (χ2v) is 2.60. The first-order chi connectivity index (χ1) is 6.69. The van der Waals surface area contributed by atoms with Crippen LogP contribution in [0.1, 0.15) is 11.1 Å². The highest BCUT2D eigenvalue weighted by atomic mass is 19.1. The molecule has 0 radical (unpaired) electrons. The predicted molar refractivity (Wildman–Crippen MR) is 49.2 cm³/mol. The monoisotopic (exact) mass is 194 g/mol. The number of benzene rings is 1. The highest BCUT2D eigenvalue weighted by molar-refractivity contribution is 5.52. The molecule has 0 aliphatic heterocycles. The van der Waals surface area contributed by atoms with Crippen LogP contribution in [0.4, 0.5) is 8.78 Å². The van der Waals surface area contributed by atoms with Crippen molar-refractivity contribution in [2.24, 2.45) is 5.73 Å². The smallest absolute Gasteiger partial charge is 0.141 e. The molecule has 2 nitrogen and oxygen atoms in total. The van der Waals surface area contributed by atoms with Gasteiger partial charge in [-0.3, -0.25) is 0 Å². The SMILES string of the molecule is N#Cc1cc(F)c(C=CCN)cc1F. The van der Waals surface area contributed by atoms with E-state index in [9.17, 15) is 8.78 Å². The van der Waals surface area contributed by atoms with E-state index in [1.54, 1.807) is 6.07 Å². The fraction of sp³-hybridized carbons (Fsp3) is 0.100. The van der Waals surface area contributed by atoms with Crippen LogP contribution in [0.15, 0.2) is 18.2 Å². The Bertz CT molecular complexity index is 405. The lowest BCUT2D eigenvalue weighted by molar-refractivity contribution is 0.594. The van der Waals surface area contributed by atoms with E-state index in [2.05, 4.69) is 0 Å². The van der Waals surface area contributed by atoms with E-state index < -0.39 is 11.6 Å². The van der Waals surface area contributed by atoms with Crippen molar-refractivity contribution in [2.75, 3.05) is 6.54 Å². The summed E-state index contributed by atoms with van der Waals surface area (Å²) in [5, 5.41) is 8.42. The van der Waals surface area contributed by atoms with Gasteiger partial charge in [0.05, 0.1) is 5.56 Å². The Morgan fingerprint density at radius 2 is 2.07 bits per heavy atom. The van der Waals surface area contributed by atoms with E-state index in [4.69, 9.17) is 11.0 Å². The molecule has 14 heavy (non-hydrogen) atoms. The molecule has 0 amide bonds. The van der Waals surface area contributed by atoms with Gasteiger partial charge in [-0.2, -0.15) is 5.26 Å². The number of nitrogens with zero attached hydrogens (tertiary/aromatic N) is 1. The Morgan fingerprint density at radius 3 is 2.64 bits per heavy atom. The summed E-state index contributed by atoms with van der Waals surface area (Å²) in [4.78, 5) is 0. The van der Waals surface area contributed by atoms with E-state index in [0.29, 0.717) is 0 Å². The van der Waals surface area contributed by atoms with Gasteiger partial charge in [-0.05, 0) is 12.1 Å². The van der Waals surface area contributed by atoms with Gasteiger partial charge in [0.25, 0.3) is 0 Å². The number of rotatable bonds is 2. The third-order valence-corrected chi connectivity index (χ3v) is 1.64. The van der Waals surface area contributed by atoms with E-state index in [1.807, 2.05) is 0 Å². The van der Waals surface area contributed by atoms with Crippen molar-refractivity contribution in [1.82, 2.24) is 0 Å². The number of nitriles is 1.